The van der Waals surface area contributed by atoms with Crippen LogP contribution in [0.4, 0.5) is 22.0 Å². The van der Waals surface area contributed by atoms with Crippen LogP contribution in [0, 0.1) is 0 Å². The lowest BCUT2D eigenvalue weighted by Crippen LogP contribution is -2.38. The molecule has 1 aliphatic rings. The van der Waals surface area contributed by atoms with Gasteiger partial charge in [-0.2, -0.15) is 22.0 Å². The molecule has 1 saturated heterocycles. The zero-order valence-corrected chi connectivity index (χ0v) is 10.8. The van der Waals surface area contributed by atoms with Crippen molar-refractivity contribution in [3.63, 3.8) is 0 Å². The van der Waals surface area contributed by atoms with Crippen molar-refractivity contribution in [3.05, 3.63) is 29.6 Å². The zero-order chi connectivity index (χ0) is 14.8. The number of hydrogen-bond donors (Lipinski definition) is 0. The summed E-state index contributed by atoms with van der Waals surface area (Å²) in [6.45, 7) is 0.730. The lowest BCUT2D eigenvalue weighted by molar-refractivity contribution is -0.141. The Morgan fingerprint density at radius 3 is 2.15 bits per heavy atom. The summed E-state index contributed by atoms with van der Waals surface area (Å²) >= 11 is 0. The van der Waals surface area contributed by atoms with Crippen LogP contribution in [-0.2, 0) is 12.1 Å². The van der Waals surface area contributed by atoms with E-state index in [0.29, 0.717) is 25.4 Å². The number of likely N-dealkylation sites (tertiary alicyclic amines) is 1. The molecular formula is C13H15F5N2. The second-order valence-electron chi connectivity index (χ2n) is 4.97. The third-order valence-electron chi connectivity index (χ3n) is 3.35. The van der Waals surface area contributed by atoms with E-state index in [4.69, 9.17) is 0 Å². The summed E-state index contributed by atoms with van der Waals surface area (Å²) in [7, 11) is 0. The second-order valence-corrected chi connectivity index (χ2v) is 4.97. The second kappa shape index (κ2) is 5.63. The van der Waals surface area contributed by atoms with Crippen LogP contribution >= 0.6 is 0 Å². The molecule has 0 unspecified atom stereocenters. The topological polar surface area (TPSA) is 16.1 Å². The van der Waals surface area contributed by atoms with Gasteiger partial charge >= 0.3 is 6.18 Å². The van der Waals surface area contributed by atoms with Crippen molar-refractivity contribution in [3.8, 4) is 0 Å². The smallest absolute Gasteiger partial charge is 0.297 e. The number of pyridine rings is 1. The van der Waals surface area contributed by atoms with E-state index in [9.17, 15) is 22.0 Å². The summed E-state index contributed by atoms with van der Waals surface area (Å²) in [4.78, 5) is 4.73. The van der Waals surface area contributed by atoms with Crippen molar-refractivity contribution in [2.75, 3.05) is 19.6 Å². The summed E-state index contributed by atoms with van der Waals surface area (Å²) < 4.78 is 65.0. The Bertz CT molecular complexity index is 435. The molecule has 0 aliphatic carbocycles. The maximum absolute atomic E-state index is 14.0. The first-order chi connectivity index (χ1) is 9.29. The number of rotatable bonds is 3. The quantitative estimate of drug-likeness (QED) is 0.791. The number of alkyl halides is 5. The highest BCUT2D eigenvalue weighted by Crippen LogP contribution is 2.32. The first-order valence-corrected chi connectivity index (χ1v) is 6.43. The van der Waals surface area contributed by atoms with E-state index < -0.39 is 29.9 Å². The van der Waals surface area contributed by atoms with Gasteiger partial charge in [0.05, 0.1) is 6.54 Å². The zero-order valence-electron chi connectivity index (χ0n) is 10.8. The molecule has 0 saturated carbocycles. The highest BCUT2D eigenvalue weighted by molar-refractivity contribution is 5.20. The predicted octanol–water partition coefficient (Wildman–Crippen LogP) is 3.68. The van der Waals surface area contributed by atoms with Crippen LogP contribution in [0.3, 0.4) is 0 Å². The van der Waals surface area contributed by atoms with Gasteiger partial charge < -0.3 is 0 Å². The van der Waals surface area contributed by atoms with E-state index in [1.165, 1.54) is 0 Å². The highest BCUT2D eigenvalue weighted by Gasteiger charge is 2.37. The molecule has 20 heavy (non-hydrogen) atoms. The molecule has 0 radical (unpaired) electrons. The molecule has 1 aromatic heterocycles. The number of piperidine rings is 1. The Hall–Kier alpha value is -1.24. The fourth-order valence-electron chi connectivity index (χ4n) is 2.27. The van der Waals surface area contributed by atoms with Crippen LogP contribution < -0.4 is 0 Å². The largest absolute Gasteiger partial charge is 0.433 e. The molecule has 2 rings (SSSR count). The normalized spacial score (nSPS) is 18.2. The Labute approximate surface area is 113 Å². The summed E-state index contributed by atoms with van der Waals surface area (Å²) in [5, 5.41) is 0. The fraction of sp³-hybridized carbons (Fsp3) is 0.615. The molecule has 1 fully saturated rings. The monoisotopic (exact) mass is 294 g/mol. The molecule has 2 heterocycles. The van der Waals surface area contributed by atoms with E-state index >= 15 is 0 Å². The van der Waals surface area contributed by atoms with Gasteiger partial charge in [-0.25, -0.2) is 0 Å². The minimum Gasteiger partial charge on any atom is -0.297 e. The lowest BCUT2D eigenvalue weighted by Gasteiger charge is -2.30. The van der Waals surface area contributed by atoms with Gasteiger partial charge in [-0.3, -0.25) is 9.88 Å². The molecule has 112 valence electrons. The van der Waals surface area contributed by atoms with Crippen molar-refractivity contribution in [2.24, 2.45) is 0 Å². The SMILES string of the molecule is FC(F)(F)c1ccc(C(F)(F)CN2CCCCC2)cn1. The molecule has 0 bridgehead atoms. The summed E-state index contributed by atoms with van der Waals surface area (Å²) in [5.74, 6) is -3.19. The lowest BCUT2D eigenvalue weighted by atomic mass is 10.1. The summed E-state index contributed by atoms with van der Waals surface area (Å²) in [6.07, 6.45) is -1.21. The molecule has 0 spiro atoms. The van der Waals surface area contributed by atoms with Crippen LogP contribution in [0.25, 0.3) is 0 Å². The highest BCUT2D eigenvalue weighted by atomic mass is 19.4. The van der Waals surface area contributed by atoms with Crippen molar-refractivity contribution >= 4 is 0 Å². The Kier molecular flexibility index (Phi) is 4.27. The Balaban J connectivity index is 2.08. The van der Waals surface area contributed by atoms with Gasteiger partial charge in [0.15, 0.2) is 0 Å². The number of aromatic nitrogens is 1. The van der Waals surface area contributed by atoms with Crippen molar-refractivity contribution in [1.82, 2.24) is 9.88 Å². The van der Waals surface area contributed by atoms with Gasteiger partial charge in [0.25, 0.3) is 5.92 Å². The van der Waals surface area contributed by atoms with E-state index in [-0.39, 0.29) is 0 Å². The standard InChI is InChI=1S/C13H15F5N2/c14-12(15,9-20-6-2-1-3-7-20)10-4-5-11(19-8-10)13(16,17)18/h4-5,8H,1-3,6-7,9H2. The minimum absolute atomic E-state index is 0.472. The third kappa shape index (κ3) is 3.65. The van der Waals surface area contributed by atoms with Crippen molar-refractivity contribution in [2.45, 2.75) is 31.4 Å². The fourth-order valence-corrected chi connectivity index (χ4v) is 2.27. The third-order valence-corrected chi connectivity index (χ3v) is 3.35. The number of halogens is 5. The van der Waals surface area contributed by atoms with E-state index in [2.05, 4.69) is 4.98 Å². The van der Waals surface area contributed by atoms with Crippen LogP contribution in [0.15, 0.2) is 18.3 Å². The Morgan fingerprint density at radius 2 is 1.65 bits per heavy atom. The molecular weight excluding hydrogens is 279 g/mol. The van der Waals surface area contributed by atoms with Crippen LogP contribution in [0.1, 0.15) is 30.5 Å². The molecule has 0 N–H and O–H groups in total. The van der Waals surface area contributed by atoms with Gasteiger partial charge in [-0.1, -0.05) is 6.42 Å². The summed E-state index contributed by atoms with van der Waals surface area (Å²) in [6, 6.07) is 1.40. The first-order valence-electron chi connectivity index (χ1n) is 6.43. The van der Waals surface area contributed by atoms with E-state index in [0.717, 1.165) is 25.3 Å². The van der Waals surface area contributed by atoms with Gasteiger partial charge in [0.1, 0.15) is 5.69 Å². The first kappa shape index (κ1) is 15.2. The van der Waals surface area contributed by atoms with Crippen LogP contribution in [0.5, 0.6) is 0 Å². The maximum Gasteiger partial charge on any atom is 0.433 e. The van der Waals surface area contributed by atoms with Gasteiger partial charge in [0, 0.05) is 11.8 Å². The minimum atomic E-state index is -4.61. The number of nitrogens with zero attached hydrogens (tertiary/aromatic N) is 2. The Morgan fingerprint density at radius 1 is 1.00 bits per heavy atom. The predicted molar refractivity (Wildman–Crippen MR) is 63.4 cm³/mol. The molecule has 7 heteroatoms. The van der Waals surface area contributed by atoms with Crippen molar-refractivity contribution in [1.29, 1.82) is 0 Å². The molecule has 0 aromatic carbocycles. The molecule has 0 amide bonds. The maximum atomic E-state index is 14.0. The van der Waals surface area contributed by atoms with E-state index in [1.54, 1.807) is 4.90 Å². The van der Waals surface area contributed by atoms with Gasteiger partial charge in [-0.15, -0.1) is 0 Å². The van der Waals surface area contributed by atoms with Crippen LogP contribution in [-0.4, -0.2) is 29.5 Å². The molecule has 2 nitrogen and oxygen atoms in total. The molecule has 0 atom stereocenters. The van der Waals surface area contributed by atoms with Gasteiger partial charge in [-0.05, 0) is 38.1 Å². The molecule has 1 aromatic rings. The molecule has 1 aliphatic heterocycles. The van der Waals surface area contributed by atoms with Crippen molar-refractivity contribution < 1.29 is 22.0 Å². The number of hydrogen-bond acceptors (Lipinski definition) is 2. The van der Waals surface area contributed by atoms with Gasteiger partial charge in [0.2, 0.25) is 0 Å². The average molecular weight is 294 g/mol. The van der Waals surface area contributed by atoms with Crippen LogP contribution in [0.2, 0.25) is 0 Å². The summed E-state index contributed by atoms with van der Waals surface area (Å²) in [5.41, 5.74) is -1.63. The average Bonchev–Trinajstić information content (AvgIpc) is 2.38. The van der Waals surface area contributed by atoms with E-state index in [1.807, 2.05) is 0 Å².